The van der Waals surface area contributed by atoms with E-state index in [4.69, 9.17) is 4.74 Å². The molecule has 0 atom stereocenters. The topological polar surface area (TPSA) is 21.3 Å². The molecule has 1 aromatic rings. The van der Waals surface area contributed by atoms with Crippen molar-refractivity contribution in [2.75, 3.05) is 13.1 Å². The van der Waals surface area contributed by atoms with Gasteiger partial charge in [0.25, 0.3) is 0 Å². The number of nitrogens with one attached hydrogen (secondary N) is 1. The summed E-state index contributed by atoms with van der Waals surface area (Å²) in [4.78, 5) is 0. The fourth-order valence-corrected chi connectivity index (χ4v) is 2.31. The van der Waals surface area contributed by atoms with E-state index in [1.54, 1.807) is 0 Å². The van der Waals surface area contributed by atoms with E-state index in [1.165, 1.54) is 44.1 Å². The largest absolute Gasteiger partial charge is 0.491 e. The molecule has 1 aromatic carbocycles. The first-order chi connectivity index (χ1) is 10.2. The summed E-state index contributed by atoms with van der Waals surface area (Å²) in [5, 5.41) is 3.50. The lowest BCUT2D eigenvalue weighted by atomic mass is 10.1. The number of hydrogen-bond acceptors (Lipinski definition) is 2. The van der Waals surface area contributed by atoms with Crippen LogP contribution in [0.3, 0.4) is 0 Å². The van der Waals surface area contributed by atoms with E-state index < -0.39 is 0 Å². The highest BCUT2D eigenvalue weighted by molar-refractivity contribution is 5.27. The van der Waals surface area contributed by atoms with E-state index in [-0.39, 0.29) is 6.10 Å². The Morgan fingerprint density at radius 3 is 2.24 bits per heavy atom. The van der Waals surface area contributed by atoms with Crippen LogP contribution in [0.15, 0.2) is 24.3 Å². The van der Waals surface area contributed by atoms with E-state index in [9.17, 15) is 0 Å². The maximum atomic E-state index is 5.65. The molecule has 1 N–H and O–H groups in total. The van der Waals surface area contributed by atoms with Gasteiger partial charge in [0.15, 0.2) is 0 Å². The molecular formula is C19H32NO. The van der Waals surface area contributed by atoms with Crippen LogP contribution in [0.2, 0.25) is 0 Å². The second-order valence-corrected chi connectivity index (χ2v) is 5.93. The Hall–Kier alpha value is -1.02. The Balaban J connectivity index is 2.02. The highest BCUT2D eigenvalue weighted by atomic mass is 16.5. The third kappa shape index (κ3) is 9.52. The molecule has 2 heteroatoms. The summed E-state index contributed by atoms with van der Waals surface area (Å²) in [7, 11) is 0. The normalized spacial score (nSPS) is 11.0. The van der Waals surface area contributed by atoms with E-state index in [0.717, 1.165) is 25.3 Å². The summed E-state index contributed by atoms with van der Waals surface area (Å²) in [6.07, 6.45) is 8.82. The minimum absolute atomic E-state index is 0.247. The van der Waals surface area contributed by atoms with Crippen molar-refractivity contribution >= 4 is 0 Å². The van der Waals surface area contributed by atoms with Gasteiger partial charge in [-0.15, -0.1) is 0 Å². The zero-order chi connectivity index (χ0) is 15.3. The van der Waals surface area contributed by atoms with Crippen molar-refractivity contribution in [3.63, 3.8) is 0 Å². The summed E-state index contributed by atoms with van der Waals surface area (Å²) in [6, 6.07) is 8.54. The molecule has 0 aliphatic rings. The molecule has 1 radical (unpaired) electrons. The van der Waals surface area contributed by atoms with Crippen LogP contribution in [0, 0.1) is 6.92 Å². The molecule has 2 nitrogen and oxygen atoms in total. The second kappa shape index (κ2) is 11.6. The van der Waals surface area contributed by atoms with Gasteiger partial charge < -0.3 is 10.1 Å². The smallest absolute Gasteiger partial charge is 0.119 e. The van der Waals surface area contributed by atoms with Crippen molar-refractivity contribution < 1.29 is 4.74 Å². The Morgan fingerprint density at radius 2 is 1.62 bits per heavy atom. The fraction of sp³-hybridized carbons (Fsp3) is 0.632. The number of benzene rings is 1. The van der Waals surface area contributed by atoms with E-state index in [1.807, 2.05) is 0 Å². The van der Waals surface area contributed by atoms with Crippen molar-refractivity contribution in [1.82, 2.24) is 5.32 Å². The van der Waals surface area contributed by atoms with Crippen molar-refractivity contribution in [3.05, 3.63) is 36.8 Å². The molecule has 0 aliphatic carbocycles. The van der Waals surface area contributed by atoms with Gasteiger partial charge in [-0.3, -0.25) is 0 Å². The number of aryl methyl sites for hydroxylation is 1. The zero-order valence-electron chi connectivity index (χ0n) is 13.9. The third-order valence-electron chi connectivity index (χ3n) is 3.47. The Bertz CT molecular complexity index is 345. The average Bonchev–Trinajstić information content (AvgIpc) is 2.47. The van der Waals surface area contributed by atoms with Gasteiger partial charge in [-0.1, -0.05) is 38.3 Å². The first kappa shape index (κ1) is 18.0. The first-order valence-electron chi connectivity index (χ1n) is 8.48. The molecule has 119 valence electrons. The highest BCUT2D eigenvalue weighted by Crippen LogP contribution is 2.15. The van der Waals surface area contributed by atoms with Crippen LogP contribution in [0.5, 0.6) is 5.75 Å². The van der Waals surface area contributed by atoms with Gasteiger partial charge in [0, 0.05) is 0 Å². The quantitative estimate of drug-likeness (QED) is 0.559. The molecule has 0 aromatic heterocycles. The molecule has 0 aliphatic heterocycles. The Labute approximate surface area is 131 Å². The van der Waals surface area contributed by atoms with E-state index in [0.29, 0.717) is 0 Å². The first-order valence-corrected chi connectivity index (χ1v) is 8.48. The standard InChI is InChI=1S/C19H32NO/c1-4-5-8-15-20-16-9-6-7-10-18-11-13-19(14-12-18)21-17(2)3/h11-14,17,20H,1,4-10,15-16H2,2-3H3. The molecule has 0 saturated heterocycles. The second-order valence-electron chi connectivity index (χ2n) is 5.93. The number of unbranched alkanes of at least 4 members (excludes halogenated alkanes) is 4. The molecular weight excluding hydrogens is 258 g/mol. The van der Waals surface area contributed by atoms with Crippen LogP contribution in [-0.2, 0) is 6.42 Å². The van der Waals surface area contributed by atoms with Gasteiger partial charge in [0.05, 0.1) is 6.10 Å². The van der Waals surface area contributed by atoms with E-state index >= 15 is 0 Å². The van der Waals surface area contributed by atoms with Crippen molar-refractivity contribution in [3.8, 4) is 5.75 Å². The molecule has 0 unspecified atom stereocenters. The lowest BCUT2D eigenvalue weighted by Gasteiger charge is -2.10. The van der Waals surface area contributed by atoms with Gasteiger partial charge >= 0.3 is 0 Å². The van der Waals surface area contributed by atoms with Crippen molar-refractivity contribution in [2.45, 2.75) is 64.9 Å². The van der Waals surface area contributed by atoms with Gasteiger partial charge in [-0.2, -0.15) is 0 Å². The molecule has 0 heterocycles. The predicted molar refractivity (Wildman–Crippen MR) is 91.8 cm³/mol. The molecule has 0 fully saturated rings. The summed E-state index contributed by atoms with van der Waals surface area (Å²) in [5.74, 6) is 0.972. The molecule has 0 amide bonds. The van der Waals surface area contributed by atoms with Gasteiger partial charge in [0.1, 0.15) is 5.75 Å². The Kier molecular flexibility index (Phi) is 9.98. The molecule has 1 rings (SSSR count). The fourth-order valence-electron chi connectivity index (χ4n) is 2.31. The molecule has 0 saturated carbocycles. The van der Waals surface area contributed by atoms with Crippen LogP contribution in [0.4, 0.5) is 0 Å². The SMILES string of the molecule is [CH2]CCCCNCCCCCc1ccc(OC(C)C)cc1. The van der Waals surface area contributed by atoms with Crippen LogP contribution in [-0.4, -0.2) is 19.2 Å². The lowest BCUT2D eigenvalue weighted by Crippen LogP contribution is -2.16. The zero-order valence-corrected chi connectivity index (χ0v) is 13.9. The van der Waals surface area contributed by atoms with Crippen LogP contribution in [0.25, 0.3) is 0 Å². The molecule has 0 spiro atoms. The van der Waals surface area contributed by atoms with Gasteiger partial charge in [0.2, 0.25) is 0 Å². The van der Waals surface area contributed by atoms with Crippen LogP contribution in [0.1, 0.15) is 57.9 Å². The summed E-state index contributed by atoms with van der Waals surface area (Å²) >= 11 is 0. The lowest BCUT2D eigenvalue weighted by molar-refractivity contribution is 0.242. The molecule has 21 heavy (non-hydrogen) atoms. The Morgan fingerprint density at radius 1 is 0.952 bits per heavy atom. The summed E-state index contributed by atoms with van der Waals surface area (Å²) in [5.41, 5.74) is 1.41. The van der Waals surface area contributed by atoms with Crippen molar-refractivity contribution in [2.24, 2.45) is 0 Å². The van der Waals surface area contributed by atoms with E-state index in [2.05, 4.69) is 50.4 Å². The maximum absolute atomic E-state index is 5.65. The number of rotatable bonds is 12. The van der Waals surface area contributed by atoms with Gasteiger partial charge in [-0.05, 0) is 70.3 Å². The van der Waals surface area contributed by atoms with Gasteiger partial charge in [-0.25, -0.2) is 0 Å². The minimum atomic E-state index is 0.247. The monoisotopic (exact) mass is 290 g/mol. The van der Waals surface area contributed by atoms with Crippen LogP contribution < -0.4 is 10.1 Å². The van der Waals surface area contributed by atoms with Crippen molar-refractivity contribution in [1.29, 1.82) is 0 Å². The minimum Gasteiger partial charge on any atom is -0.491 e. The molecule has 0 bridgehead atoms. The summed E-state index contributed by atoms with van der Waals surface area (Å²) < 4.78 is 5.65. The van der Waals surface area contributed by atoms with Crippen LogP contribution >= 0.6 is 0 Å². The predicted octanol–water partition coefficient (Wildman–Crippen LogP) is 4.78. The highest BCUT2D eigenvalue weighted by Gasteiger charge is 1.98. The number of hydrogen-bond donors (Lipinski definition) is 1. The number of ether oxygens (including phenoxy) is 1. The summed E-state index contributed by atoms with van der Waals surface area (Å²) in [6.45, 7) is 10.3. The average molecular weight is 290 g/mol. The maximum Gasteiger partial charge on any atom is 0.119 e. The third-order valence-corrected chi connectivity index (χ3v) is 3.47.